The average molecular weight is 239 g/mol. The molecule has 3 nitrogen and oxygen atoms in total. The minimum Gasteiger partial charge on any atom is -0.490 e. The fourth-order valence-electron chi connectivity index (χ4n) is 1.32. The van der Waals surface area contributed by atoms with Crippen molar-refractivity contribution in [3.8, 4) is 11.5 Å². The van der Waals surface area contributed by atoms with E-state index in [2.05, 4.69) is 0 Å². The predicted molar refractivity (Wildman–Crippen MR) is 69.1 cm³/mol. The van der Waals surface area contributed by atoms with E-state index in [4.69, 9.17) is 27.4 Å². The summed E-state index contributed by atoms with van der Waals surface area (Å²) in [5.74, 6) is 1.41. The predicted octanol–water partition coefficient (Wildman–Crippen LogP) is 2.53. The zero-order valence-corrected chi connectivity index (χ0v) is 10.4. The number of hydrogen-bond acceptors (Lipinski definition) is 3. The van der Waals surface area contributed by atoms with Gasteiger partial charge in [0, 0.05) is 0 Å². The first-order chi connectivity index (χ1) is 7.69. The highest BCUT2D eigenvalue weighted by Gasteiger charge is 2.13. The summed E-state index contributed by atoms with van der Waals surface area (Å²) in [6.45, 7) is 4.51. The second kappa shape index (κ2) is 6.33. The Hall–Kier alpha value is -1.29. The van der Waals surface area contributed by atoms with Gasteiger partial charge in [0.15, 0.2) is 11.5 Å². The number of benzene rings is 1. The van der Waals surface area contributed by atoms with Gasteiger partial charge in [0.2, 0.25) is 0 Å². The number of thiocarbonyl (C=S) groups is 1. The molecule has 0 spiro atoms. The second-order valence-corrected chi connectivity index (χ2v) is 3.77. The maximum absolute atomic E-state index is 5.72. The van der Waals surface area contributed by atoms with E-state index >= 15 is 0 Å². The number of rotatable bonds is 6. The minimum absolute atomic E-state index is 0.239. The van der Waals surface area contributed by atoms with Gasteiger partial charge in [-0.1, -0.05) is 31.3 Å². The van der Waals surface area contributed by atoms with Crippen molar-refractivity contribution in [3.05, 3.63) is 24.3 Å². The highest BCUT2D eigenvalue weighted by atomic mass is 32.1. The van der Waals surface area contributed by atoms with Crippen molar-refractivity contribution in [3.63, 3.8) is 0 Å². The van der Waals surface area contributed by atoms with Gasteiger partial charge in [0.1, 0.15) is 11.1 Å². The fraction of sp³-hybridized carbons (Fsp3) is 0.417. The summed E-state index contributed by atoms with van der Waals surface area (Å²) < 4.78 is 11.2. The third-order valence-electron chi connectivity index (χ3n) is 2.11. The Morgan fingerprint density at radius 3 is 2.44 bits per heavy atom. The Labute approximate surface area is 102 Å². The molecule has 1 aromatic carbocycles. The summed E-state index contributed by atoms with van der Waals surface area (Å²) in [6.07, 6.45) is 0.507. The Balaban J connectivity index is 2.82. The normalized spacial score (nSPS) is 11.9. The first-order valence-electron chi connectivity index (χ1n) is 5.36. The molecular weight excluding hydrogens is 222 g/mol. The summed E-state index contributed by atoms with van der Waals surface area (Å²) >= 11 is 4.94. The zero-order chi connectivity index (χ0) is 12.0. The van der Waals surface area contributed by atoms with E-state index in [0.29, 0.717) is 17.3 Å². The van der Waals surface area contributed by atoms with Crippen molar-refractivity contribution in [1.82, 2.24) is 0 Å². The van der Waals surface area contributed by atoms with Crippen molar-refractivity contribution >= 4 is 17.2 Å². The van der Waals surface area contributed by atoms with Gasteiger partial charge in [-0.3, -0.25) is 0 Å². The molecule has 0 radical (unpaired) electrons. The molecule has 88 valence electrons. The molecule has 0 aliphatic heterocycles. The number of ether oxygens (including phenoxy) is 2. The largest absolute Gasteiger partial charge is 0.490 e. The van der Waals surface area contributed by atoms with Crippen LogP contribution in [0.25, 0.3) is 0 Å². The summed E-state index contributed by atoms with van der Waals surface area (Å²) in [7, 11) is 0. The lowest BCUT2D eigenvalue weighted by Crippen LogP contribution is -2.31. The van der Waals surface area contributed by atoms with E-state index in [9.17, 15) is 0 Å². The monoisotopic (exact) mass is 239 g/mol. The van der Waals surface area contributed by atoms with Crippen molar-refractivity contribution in [2.45, 2.75) is 26.4 Å². The van der Waals surface area contributed by atoms with Gasteiger partial charge in [-0.15, -0.1) is 0 Å². The summed E-state index contributed by atoms with van der Waals surface area (Å²) in [5, 5.41) is 0. The fourth-order valence-corrected chi connectivity index (χ4v) is 1.53. The average Bonchev–Trinajstić information content (AvgIpc) is 2.27. The van der Waals surface area contributed by atoms with Crippen LogP contribution in [0, 0.1) is 0 Å². The maximum Gasteiger partial charge on any atom is 0.162 e. The molecule has 0 aliphatic rings. The Kier molecular flexibility index (Phi) is 5.05. The van der Waals surface area contributed by atoms with Crippen molar-refractivity contribution in [2.75, 3.05) is 6.61 Å². The Bertz CT molecular complexity index is 355. The van der Waals surface area contributed by atoms with E-state index in [-0.39, 0.29) is 6.10 Å². The molecule has 2 N–H and O–H groups in total. The highest BCUT2D eigenvalue weighted by molar-refractivity contribution is 7.80. The molecule has 0 aliphatic carbocycles. The minimum atomic E-state index is -0.239. The van der Waals surface area contributed by atoms with Crippen LogP contribution in [0.3, 0.4) is 0 Å². The lowest BCUT2D eigenvalue weighted by Gasteiger charge is -2.18. The smallest absolute Gasteiger partial charge is 0.162 e. The van der Waals surface area contributed by atoms with Gasteiger partial charge < -0.3 is 15.2 Å². The maximum atomic E-state index is 5.72. The third kappa shape index (κ3) is 3.38. The van der Waals surface area contributed by atoms with Crippen LogP contribution in [0.4, 0.5) is 0 Å². The Morgan fingerprint density at radius 2 is 1.94 bits per heavy atom. The topological polar surface area (TPSA) is 44.5 Å². The summed E-state index contributed by atoms with van der Waals surface area (Å²) in [5.41, 5.74) is 5.58. The molecule has 1 unspecified atom stereocenters. The Morgan fingerprint density at radius 1 is 1.31 bits per heavy atom. The first-order valence-corrected chi connectivity index (χ1v) is 5.77. The van der Waals surface area contributed by atoms with Crippen LogP contribution in [0.1, 0.15) is 20.3 Å². The number of para-hydroxylation sites is 2. The van der Waals surface area contributed by atoms with Gasteiger partial charge in [0.05, 0.1) is 6.61 Å². The molecule has 0 saturated heterocycles. The van der Waals surface area contributed by atoms with Crippen LogP contribution < -0.4 is 15.2 Å². The van der Waals surface area contributed by atoms with E-state index in [1.54, 1.807) is 0 Å². The van der Waals surface area contributed by atoms with Crippen LogP contribution in [0.5, 0.6) is 11.5 Å². The molecular formula is C12H17NO2S. The van der Waals surface area contributed by atoms with E-state index in [1.165, 1.54) is 0 Å². The van der Waals surface area contributed by atoms with Gasteiger partial charge in [-0.05, 0) is 25.5 Å². The highest BCUT2D eigenvalue weighted by Crippen LogP contribution is 2.27. The summed E-state index contributed by atoms with van der Waals surface area (Å²) in [4.78, 5) is 0.369. The van der Waals surface area contributed by atoms with Crippen LogP contribution >= 0.6 is 12.2 Å². The molecule has 1 aromatic rings. The SMILES string of the molecule is CCOc1ccccc1OC(CC)C(N)=S. The third-order valence-corrected chi connectivity index (χ3v) is 2.37. The molecule has 1 atom stereocenters. The summed E-state index contributed by atoms with van der Waals surface area (Å²) in [6, 6.07) is 7.51. The zero-order valence-electron chi connectivity index (χ0n) is 9.60. The molecule has 0 saturated carbocycles. The molecule has 0 heterocycles. The standard InChI is InChI=1S/C12H17NO2S/c1-3-9(12(13)16)15-11-8-6-5-7-10(11)14-4-2/h5-9H,3-4H2,1-2H3,(H2,13,16). The van der Waals surface area contributed by atoms with E-state index < -0.39 is 0 Å². The molecule has 0 fully saturated rings. The van der Waals surface area contributed by atoms with Crippen LogP contribution in [-0.2, 0) is 0 Å². The van der Waals surface area contributed by atoms with Gasteiger partial charge in [-0.25, -0.2) is 0 Å². The molecule has 0 aromatic heterocycles. The van der Waals surface area contributed by atoms with Crippen molar-refractivity contribution in [2.24, 2.45) is 5.73 Å². The van der Waals surface area contributed by atoms with E-state index in [0.717, 1.165) is 12.2 Å². The molecule has 16 heavy (non-hydrogen) atoms. The first kappa shape index (κ1) is 12.8. The van der Waals surface area contributed by atoms with Gasteiger partial charge >= 0.3 is 0 Å². The van der Waals surface area contributed by atoms with Crippen molar-refractivity contribution < 1.29 is 9.47 Å². The van der Waals surface area contributed by atoms with Crippen LogP contribution in [0.15, 0.2) is 24.3 Å². The molecule has 1 rings (SSSR count). The number of nitrogens with two attached hydrogens (primary N) is 1. The van der Waals surface area contributed by atoms with Gasteiger partial charge in [-0.2, -0.15) is 0 Å². The van der Waals surface area contributed by atoms with Gasteiger partial charge in [0.25, 0.3) is 0 Å². The lowest BCUT2D eigenvalue weighted by molar-refractivity contribution is 0.241. The quantitative estimate of drug-likeness (QED) is 0.775. The lowest BCUT2D eigenvalue weighted by atomic mass is 10.2. The number of hydrogen-bond donors (Lipinski definition) is 1. The van der Waals surface area contributed by atoms with Crippen LogP contribution in [-0.4, -0.2) is 17.7 Å². The molecule has 0 bridgehead atoms. The molecule has 0 amide bonds. The van der Waals surface area contributed by atoms with E-state index in [1.807, 2.05) is 38.1 Å². The van der Waals surface area contributed by atoms with Crippen molar-refractivity contribution in [1.29, 1.82) is 0 Å². The van der Waals surface area contributed by atoms with Crippen LogP contribution in [0.2, 0.25) is 0 Å². The second-order valence-electron chi connectivity index (χ2n) is 3.30. The molecule has 4 heteroatoms.